The fourth-order valence-electron chi connectivity index (χ4n) is 3.14. The molecule has 28 heavy (non-hydrogen) atoms. The molecule has 138 valence electrons. The summed E-state index contributed by atoms with van der Waals surface area (Å²) < 4.78 is 31.7. The van der Waals surface area contributed by atoms with Gasteiger partial charge >= 0.3 is 5.92 Å². The zero-order valence-electron chi connectivity index (χ0n) is 14.6. The fraction of sp³-hybridized carbons (Fsp3) is 0.105. The first kappa shape index (κ1) is 16.4. The molecule has 5 aromatic rings. The van der Waals surface area contributed by atoms with E-state index in [9.17, 15) is 0 Å². The van der Waals surface area contributed by atoms with Crippen LogP contribution in [-0.2, 0) is 5.92 Å². The van der Waals surface area contributed by atoms with E-state index in [1.54, 1.807) is 42.7 Å². The van der Waals surface area contributed by atoms with E-state index >= 15 is 8.78 Å². The first-order valence-corrected chi connectivity index (χ1v) is 8.50. The molecule has 0 aliphatic heterocycles. The molecule has 1 aromatic carbocycles. The molecule has 1 N–H and O–H groups in total. The second kappa shape index (κ2) is 5.88. The third kappa shape index (κ3) is 2.43. The Balaban J connectivity index is 1.67. The summed E-state index contributed by atoms with van der Waals surface area (Å²) in [6, 6.07) is 11.1. The quantitative estimate of drug-likeness (QED) is 0.520. The highest BCUT2D eigenvalue weighted by Gasteiger charge is 2.40. The van der Waals surface area contributed by atoms with E-state index in [1.165, 1.54) is 12.1 Å². The van der Waals surface area contributed by atoms with Crippen LogP contribution < -0.4 is 0 Å². The van der Waals surface area contributed by atoms with Crippen LogP contribution in [0, 0.1) is 6.92 Å². The van der Waals surface area contributed by atoms with E-state index in [2.05, 4.69) is 30.5 Å². The second-order valence-corrected chi connectivity index (χ2v) is 6.41. The lowest BCUT2D eigenvalue weighted by molar-refractivity contribution is 0.0307. The minimum Gasteiger partial charge on any atom is -0.282 e. The zero-order valence-corrected chi connectivity index (χ0v) is 14.6. The maximum atomic E-state index is 15.3. The van der Waals surface area contributed by atoms with Gasteiger partial charge in [0.05, 0.1) is 17.4 Å². The molecule has 0 radical (unpaired) electrons. The zero-order chi connectivity index (χ0) is 19.3. The number of alkyl halides is 2. The van der Waals surface area contributed by atoms with Crippen molar-refractivity contribution in [2.75, 3.05) is 0 Å². The monoisotopic (exact) mass is 377 g/mol. The Kier molecular flexibility index (Phi) is 3.45. The lowest BCUT2D eigenvalue weighted by Crippen LogP contribution is -2.20. The second-order valence-electron chi connectivity index (χ2n) is 6.41. The Labute approximate surface area is 157 Å². The van der Waals surface area contributed by atoms with Gasteiger partial charge in [-0.25, -0.2) is 0 Å². The summed E-state index contributed by atoms with van der Waals surface area (Å²) in [7, 11) is 0. The van der Waals surface area contributed by atoms with Crippen LogP contribution in [0.15, 0.2) is 54.9 Å². The molecule has 5 rings (SSSR count). The Morgan fingerprint density at radius 2 is 1.96 bits per heavy atom. The third-order valence-electron chi connectivity index (χ3n) is 4.62. The van der Waals surface area contributed by atoms with Crippen molar-refractivity contribution in [1.29, 1.82) is 0 Å². The van der Waals surface area contributed by atoms with Gasteiger partial charge in [0.15, 0.2) is 5.65 Å². The molecule has 0 aliphatic carbocycles. The maximum absolute atomic E-state index is 15.3. The molecule has 0 saturated carbocycles. The lowest BCUT2D eigenvalue weighted by atomic mass is 10.0. The minimum atomic E-state index is -3.39. The van der Waals surface area contributed by atoms with Crippen LogP contribution in [0.3, 0.4) is 0 Å². The van der Waals surface area contributed by atoms with Crippen molar-refractivity contribution < 1.29 is 8.78 Å². The molecule has 0 unspecified atom stereocenters. The van der Waals surface area contributed by atoms with Gasteiger partial charge in [0, 0.05) is 28.4 Å². The molecular formula is C19H13F2N7. The van der Waals surface area contributed by atoms with E-state index in [0.717, 1.165) is 15.8 Å². The topological polar surface area (TPSA) is 84.6 Å². The van der Waals surface area contributed by atoms with Crippen molar-refractivity contribution in [2.24, 2.45) is 0 Å². The summed E-state index contributed by atoms with van der Waals surface area (Å²) in [5.74, 6) is -3.94. The standard InChI is InChI=1S/C19H13F2N7/c1-11-14(10-23-24-11)16-6-7-17-25-26-18(28(17)27-16)19(20,21)13-4-5-15-12(9-13)3-2-8-22-15/h2-10H,1H3,(H,23,24). The van der Waals surface area contributed by atoms with Gasteiger partial charge in [0.2, 0.25) is 5.82 Å². The average Bonchev–Trinajstić information content (AvgIpc) is 3.33. The molecule has 9 heteroatoms. The summed E-state index contributed by atoms with van der Waals surface area (Å²) in [6.45, 7) is 1.83. The Morgan fingerprint density at radius 1 is 1.07 bits per heavy atom. The van der Waals surface area contributed by atoms with Crippen LogP contribution >= 0.6 is 0 Å². The van der Waals surface area contributed by atoms with Crippen LogP contribution in [-0.4, -0.2) is 35.0 Å². The van der Waals surface area contributed by atoms with Crippen LogP contribution in [0.5, 0.6) is 0 Å². The van der Waals surface area contributed by atoms with Crippen molar-refractivity contribution in [3.05, 3.63) is 71.9 Å². The minimum absolute atomic E-state index is 0.200. The summed E-state index contributed by atoms with van der Waals surface area (Å²) in [5, 5.41) is 19.3. The molecule has 0 amide bonds. The van der Waals surface area contributed by atoms with E-state index < -0.39 is 11.7 Å². The number of hydrogen-bond acceptors (Lipinski definition) is 5. The van der Waals surface area contributed by atoms with E-state index in [1.807, 2.05) is 6.92 Å². The maximum Gasteiger partial charge on any atom is 0.333 e. The molecule has 0 aliphatic rings. The fourth-order valence-corrected chi connectivity index (χ4v) is 3.14. The van der Waals surface area contributed by atoms with E-state index in [4.69, 9.17) is 0 Å². The highest BCUT2D eigenvalue weighted by Crippen LogP contribution is 2.36. The number of aromatic nitrogens is 7. The smallest absolute Gasteiger partial charge is 0.282 e. The highest BCUT2D eigenvalue weighted by molar-refractivity contribution is 5.79. The van der Waals surface area contributed by atoms with Crippen molar-refractivity contribution in [2.45, 2.75) is 12.8 Å². The van der Waals surface area contributed by atoms with Crippen LogP contribution in [0.25, 0.3) is 27.8 Å². The summed E-state index contributed by atoms with van der Waals surface area (Å²) >= 11 is 0. The molecular weight excluding hydrogens is 364 g/mol. The summed E-state index contributed by atoms with van der Waals surface area (Å²) in [6.07, 6.45) is 3.22. The van der Waals surface area contributed by atoms with Crippen LogP contribution in [0.4, 0.5) is 8.78 Å². The summed E-state index contributed by atoms with van der Waals surface area (Å²) in [5.41, 5.74) is 2.69. The third-order valence-corrected chi connectivity index (χ3v) is 4.62. The predicted octanol–water partition coefficient (Wildman–Crippen LogP) is 3.51. The first-order chi connectivity index (χ1) is 13.5. The van der Waals surface area contributed by atoms with Crippen molar-refractivity contribution in [3.63, 3.8) is 0 Å². The number of pyridine rings is 1. The number of fused-ring (bicyclic) bond motifs is 2. The van der Waals surface area contributed by atoms with E-state index in [-0.39, 0.29) is 11.2 Å². The number of aromatic amines is 1. The SMILES string of the molecule is Cc1[nH]ncc1-c1ccc2nnc(C(F)(F)c3ccc4ncccc4c3)n2n1. The average molecular weight is 377 g/mol. The Bertz CT molecular complexity index is 1320. The van der Waals surface area contributed by atoms with Gasteiger partial charge in [-0.3, -0.25) is 10.1 Å². The van der Waals surface area contributed by atoms with Crippen molar-refractivity contribution in [3.8, 4) is 11.3 Å². The number of rotatable bonds is 3. The number of nitrogens with one attached hydrogen (secondary N) is 1. The van der Waals surface area contributed by atoms with Gasteiger partial charge < -0.3 is 0 Å². The van der Waals surface area contributed by atoms with Crippen molar-refractivity contribution >= 4 is 16.6 Å². The lowest BCUT2D eigenvalue weighted by Gasteiger charge is -2.15. The highest BCUT2D eigenvalue weighted by atomic mass is 19.3. The number of aryl methyl sites for hydroxylation is 1. The number of H-pyrrole nitrogens is 1. The number of nitrogens with zero attached hydrogens (tertiary/aromatic N) is 6. The first-order valence-electron chi connectivity index (χ1n) is 8.50. The normalized spacial score (nSPS) is 12.1. The van der Waals surface area contributed by atoms with E-state index in [0.29, 0.717) is 16.6 Å². The van der Waals surface area contributed by atoms with Gasteiger partial charge in [-0.15, -0.1) is 10.2 Å². The van der Waals surface area contributed by atoms with Crippen molar-refractivity contribution in [1.82, 2.24) is 35.0 Å². The molecule has 0 fully saturated rings. The Hall–Kier alpha value is -3.75. The Morgan fingerprint density at radius 3 is 2.79 bits per heavy atom. The molecule has 0 spiro atoms. The van der Waals surface area contributed by atoms with Gasteiger partial charge in [-0.05, 0) is 37.3 Å². The van der Waals surface area contributed by atoms with Crippen LogP contribution in [0.1, 0.15) is 17.1 Å². The predicted molar refractivity (Wildman–Crippen MR) is 97.8 cm³/mol. The largest absolute Gasteiger partial charge is 0.333 e. The van der Waals surface area contributed by atoms with Gasteiger partial charge in [0.1, 0.15) is 0 Å². The molecule has 4 aromatic heterocycles. The molecule has 0 saturated heterocycles. The molecule has 4 heterocycles. The number of halogens is 2. The summed E-state index contributed by atoms with van der Waals surface area (Å²) in [4.78, 5) is 4.17. The van der Waals surface area contributed by atoms with Gasteiger partial charge in [-0.2, -0.15) is 23.5 Å². The number of benzene rings is 1. The van der Waals surface area contributed by atoms with Gasteiger partial charge in [0.25, 0.3) is 0 Å². The van der Waals surface area contributed by atoms with Crippen LogP contribution in [0.2, 0.25) is 0 Å². The molecule has 0 bridgehead atoms. The number of hydrogen-bond donors (Lipinski definition) is 1. The molecule has 7 nitrogen and oxygen atoms in total. The molecule has 0 atom stereocenters. The van der Waals surface area contributed by atoms with Gasteiger partial charge in [-0.1, -0.05) is 12.1 Å².